The molecule has 0 aliphatic heterocycles. The first-order valence-electron chi connectivity index (χ1n) is 8.09. The third-order valence-electron chi connectivity index (χ3n) is 4.01. The van der Waals surface area contributed by atoms with Crippen molar-refractivity contribution < 1.29 is 9.18 Å². The summed E-state index contributed by atoms with van der Waals surface area (Å²) >= 11 is 0. The van der Waals surface area contributed by atoms with E-state index in [-0.39, 0.29) is 17.8 Å². The van der Waals surface area contributed by atoms with Crippen LogP contribution in [0.1, 0.15) is 5.56 Å². The lowest BCUT2D eigenvalue weighted by molar-refractivity contribution is -0.106. The molecule has 0 radical (unpaired) electrons. The highest BCUT2D eigenvalue weighted by Gasteiger charge is 2.06. The average Bonchev–Trinajstić information content (AvgIpc) is 2.66. The van der Waals surface area contributed by atoms with Crippen LogP contribution < -0.4 is 10.8 Å². The summed E-state index contributed by atoms with van der Waals surface area (Å²) in [7, 11) is 0. The number of nitrogens with one attached hydrogen (secondary N) is 2. The van der Waals surface area contributed by atoms with Gasteiger partial charge >= 0.3 is 0 Å². The van der Waals surface area contributed by atoms with E-state index in [0.717, 1.165) is 28.7 Å². The average molecular weight is 347 g/mol. The molecule has 0 saturated heterocycles. The molecule has 0 spiro atoms. The van der Waals surface area contributed by atoms with Crippen LogP contribution in [-0.2, 0) is 4.79 Å². The number of carbonyl (C=O) groups excluding carboxylic acids is 1. The molecule has 4 nitrogen and oxygen atoms in total. The van der Waals surface area contributed by atoms with Crippen molar-refractivity contribution in [3.8, 4) is 11.1 Å². The van der Waals surface area contributed by atoms with Gasteiger partial charge in [0, 0.05) is 17.6 Å². The second-order valence-electron chi connectivity index (χ2n) is 5.75. The normalized spacial score (nSPS) is 10.3. The number of hydrogen-bond donors (Lipinski definition) is 2. The van der Waals surface area contributed by atoms with Crippen LogP contribution in [0.25, 0.3) is 16.8 Å². The van der Waals surface area contributed by atoms with E-state index in [0.29, 0.717) is 5.70 Å². The van der Waals surface area contributed by atoms with Gasteiger partial charge in [0.05, 0.1) is 6.54 Å². The fraction of sp³-hybridized carbons (Fsp3) is 0.0476. The Hall–Kier alpha value is -3.47. The Morgan fingerprint density at radius 1 is 1.12 bits per heavy atom. The predicted octanol–water partition coefficient (Wildman–Crippen LogP) is 3.90. The maximum Gasteiger partial charge on any atom is 0.139 e. The molecule has 0 unspecified atom stereocenters. The molecule has 3 aromatic rings. The maximum absolute atomic E-state index is 13.1. The molecule has 5 heteroatoms. The topological polar surface area (TPSA) is 57.9 Å². The van der Waals surface area contributed by atoms with Crippen LogP contribution in [0.5, 0.6) is 0 Å². The summed E-state index contributed by atoms with van der Waals surface area (Å²) in [5, 5.41) is 11.3. The summed E-state index contributed by atoms with van der Waals surface area (Å²) in [5.41, 5.74) is 4.25. The molecule has 1 aromatic heterocycles. The number of aldehydes is 1. The van der Waals surface area contributed by atoms with Gasteiger partial charge in [0.1, 0.15) is 17.6 Å². The molecule has 2 aromatic carbocycles. The van der Waals surface area contributed by atoms with Gasteiger partial charge in [-0.1, -0.05) is 30.8 Å². The van der Waals surface area contributed by atoms with E-state index < -0.39 is 0 Å². The molecular formula is C21H18FN3O. The number of carbonyl (C=O) groups is 1. The highest BCUT2D eigenvalue weighted by molar-refractivity contribution is 5.69. The summed E-state index contributed by atoms with van der Waals surface area (Å²) < 4.78 is 14.7. The van der Waals surface area contributed by atoms with Crippen LogP contribution in [0.15, 0.2) is 73.4 Å². The fourth-order valence-electron chi connectivity index (χ4n) is 2.66. The summed E-state index contributed by atoms with van der Waals surface area (Å²) in [5.74, 6) is -0.290. The molecule has 0 atom stereocenters. The SMILES string of the molecule is C=C(c1cccc(NCC=O)c1)n1ccc(-c2ccc(F)cc2)cc1=N. The van der Waals surface area contributed by atoms with Crippen LogP contribution in [0.4, 0.5) is 10.1 Å². The Bertz CT molecular complexity index is 1010. The van der Waals surface area contributed by atoms with Gasteiger partial charge in [0.2, 0.25) is 0 Å². The molecule has 130 valence electrons. The molecule has 1 heterocycles. The van der Waals surface area contributed by atoms with Crippen molar-refractivity contribution in [2.75, 3.05) is 11.9 Å². The maximum atomic E-state index is 13.1. The van der Waals surface area contributed by atoms with Crippen molar-refractivity contribution in [3.05, 3.63) is 90.3 Å². The van der Waals surface area contributed by atoms with E-state index in [1.165, 1.54) is 12.1 Å². The number of benzene rings is 2. The third-order valence-corrected chi connectivity index (χ3v) is 4.01. The van der Waals surface area contributed by atoms with Crippen LogP contribution in [-0.4, -0.2) is 17.4 Å². The summed E-state index contributed by atoms with van der Waals surface area (Å²) in [6.07, 6.45) is 2.57. The molecule has 2 N–H and O–H groups in total. The Morgan fingerprint density at radius 2 is 1.88 bits per heavy atom. The monoisotopic (exact) mass is 347 g/mol. The van der Waals surface area contributed by atoms with Crippen LogP contribution in [0.3, 0.4) is 0 Å². The van der Waals surface area contributed by atoms with E-state index in [9.17, 15) is 9.18 Å². The summed E-state index contributed by atoms with van der Waals surface area (Å²) in [4.78, 5) is 10.5. The molecule has 0 amide bonds. The van der Waals surface area contributed by atoms with Crippen molar-refractivity contribution in [2.45, 2.75) is 0 Å². The second-order valence-corrected chi connectivity index (χ2v) is 5.75. The number of pyridine rings is 1. The molecule has 0 fully saturated rings. The second kappa shape index (κ2) is 7.61. The van der Waals surface area contributed by atoms with Gasteiger partial charge in [-0.15, -0.1) is 0 Å². The van der Waals surface area contributed by atoms with Crippen molar-refractivity contribution >= 4 is 17.7 Å². The summed E-state index contributed by atoms with van der Waals surface area (Å²) in [6.45, 7) is 4.32. The Labute approximate surface area is 150 Å². The van der Waals surface area contributed by atoms with Gasteiger partial charge in [0.15, 0.2) is 0 Å². The minimum absolute atomic E-state index is 0.235. The quantitative estimate of drug-likeness (QED) is 0.665. The standard InChI is InChI=1S/C21H18FN3O/c1-15(17-3-2-4-20(13-17)24-10-12-26)25-11-9-18(14-21(25)23)16-5-7-19(22)8-6-16/h2-9,11-14,23-24H,1,10H2. The lowest BCUT2D eigenvalue weighted by Gasteiger charge is -2.13. The van der Waals surface area contributed by atoms with Crippen molar-refractivity contribution in [3.63, 3.8) is 0 Å². The van der Waals surface area contributed by atoms with E-state index in [2.05, 4.69) is 11.9 Å². The highest BCUT2D eigenvalue weighted by Crippen LogP contribution is 2.21. The van der Waals surface area contributed by atoms with Crippen molar-refractivity contribution in [1.29, 1.82) is 5.41 Å². The molecule has 26 heavy (non-hydrogen) atoms. The zero-order chi connectivity index (χ0) is 18.5. The zero-order valence-corrected chi connectivity index (χ0v) is 14.1. The first kappa shape index (κ1) is 17.4. The first-order valence-corrected chi connectivity index (χ1v) is 8.09. The first-order chi connectivity index (χ1) is 12.6. The van der Waals surface area contributed by atoms with E-state index in [1.54, 1.807) is 29.0 Å². The molecule has 3 rings (SSSR count). The van der Waals surface area contributed by atoms with Gasteiger partial charge in [-0.3, -0.25) is 5.41 Å². The minimum Gasteiger partial charge on any atom is -0.378 e. The number of rotatable bonds is 6. The third kappa shape index (κ3) is 3.78. The molecule has 0 bridgehead atoms. The number of nitrogens with zero attached hydrogens (tertiary/aromatic N) is 1. The lowest BCUT2D eigenvalue weighted by Crippen LogP contribution is -2.18. The van der Waals surface area contributed by atoms with Crippen LogP contribution in [0.2, 0.25) is 0 Å². The van der Waals surface area contributed by atoms with Gasteiger partial charge in [-0.2, -0.15) is 0 Å². The molecule has 0 aliphatic rings. The molecule has 0 aliphatic carbocycles. The fourth-order valence-corrected chi connectivity index (χ4v) is 2.66. The Kier molecular flexibility index (Phi) is 5.08. The smallest absolute Gasteiger partial charge is 0.139 e. The van der Waals surface area contributed by atoms with E-state index in [1.807, 2.05) is 30.3 Å². The molecule has 0 saturated carbocycles. The molecular weight excluding hydrogens is 329 g/mol. The van der Waals surface area contributed by atoms with Crippen LogP contribution >= 0.6 is 0 Å². The van der Waals surface area contributed by atoms with E-state index in [4.69, 9.17) is 5.41 Å². The minimum atomic E-state index is -0.290. The number of aromatic nitrogens is 1. The summed E-state index contributed by atoms with van der Waals surface area (Å²) in [6, 6.07) is 17.3. The zero-order valence-electron chi connectivity index (χ0n) is 14.1. The highest BCUT2D eigenvalue weighted by atomic mass is 19.1. The number of halogens is 1. The predicted molar refractivity (Wildman–Crippen MR) is 101 cm³/mol. The van der Waals surface area contributed by atoms with E-state index >= 15 is 0 Å². The van der Waals surface area contributed by atoms with Gasteiger partial charge in [-0.05, 0) is 53.1 Å². The largest absolute Gasteiger partial charge is 0.378 e. The lowest BCUT2D eigenvalue weighted by atomic mass is 10.1. The van der Waals surface area contributed by atoms with Gasteiger partial charge < -0.3 is 14.7 Å². The van der Waals surface area contributed by atoms with Gasteiger partial charge in [0.25, 0.3) is 0 Å². The Balaban J connectivity index is 1.90. The van der Waals surface area contributed by atoms with Gasteiger partial charge in [-0.25, -0.2) is 4.39 Å². The van der Waals surface area contributed by atoms with Crippen molar-refractivity contribution in [1.82, 2.24) is 4.57 Å². The number of hydrogen-bond acceptors (Lipinski definition) is 3. The van der Waals surface area contributed by atoms with Crippen LogP contribution in [0, 0.1) is 11.2 Å². The number of anilines is 1. The van der Waals surface area contributed by atoms with Crippen molar-refractivity contribution in [2.24, 2.45) is 0 Å². The Morgan fingerprint density at radius 3 is 2.58 bits per heavy atom.